The maximum absolute atomic E-state index is 6.17. The Labute approximate surface area is 102 Å². The molecule has 1 aromatic carbocycles. The normalized spacial score (nSPS) is 24.4. The van der Waals surface area contributed by atoms with Crippen molar-refractivity contribution in [3.8, 4) is 11.5 Å². The molecule has 3 heteroatoms. The molecular formula is C13H17ClO2. The van der Waals surface area contributed by atoms with Gasteiger partial charge in [-0.15, -0.1) is 11.6 Å². The molecule has 0 amide bonds. The van der Waals surface area contributed by atoms with Crippen molar-refractivity contribution >= 4 is 11.6 Å². The Morgan fingerprint density at radius 2 is 1.75 bits per heavy atom. The fraction of sp³-hybridized carbons (Fsp3) is 0.538. The molecule has 1 aliphatic rings. The van der Waals surface area contributed by atoms with Gasteiger partial charge < -0.3 is 9.47 Å². The number of halogens is 1. The summed E-state index contributed by atoms with van der Waals surface area (Å²) in [6.07, 6.45) is 3.20. The molecule has 0 spiro atoms. The van der Waals surface area contributed by atoms with E-state index in [1.54, 1.807) is 14.2 Å². The summed E-state index contributed by atoms with van der Waals surface area (Å²) in [4.78, 5) is 0. The lowest BCUT2D eigenvalue weighted by molar-refractivity contribution is 0.379. The van der Waals surface area contributed by atoms with Crippen molar-refractivity contribution in [1.29, 1.82) is 0 Å². The van der Waals surface area contributed by atoms with Crippen LogP contribution in [0.4, 0.5) is 0 Å². The van der Waals surface area contributed by atoms with Crippen LogP contribution in [0.2, 0.25) is 0 Å². The minimum Gasteiger partial charge on any atom is -0.496 e. The van der Waals surface area contributed by atoms with Gasteiger partial charge in [0.1, 0.15) is 11.5 Å². The van der Waals surface area contributed by atoms with Gasteiger partial charge in [0.05, 0.1) is 14.2 Å². The first kappa shape index (κ1) is 11.6. The van der Waals surface area contributed by atoms with E-state index in [0.29, 0.717) is 11.3 Å². The molecule has 0 aromatic heterocycles. The molecule has 88 valence electrons. The van der Waals surface area contributed by atoms with E-state index in [9.17, 15) is 0 Å². The molecule has 1 aromatic rings. The second-order valence-electron chi connectivity index (χ2n) is 4.18. The maximum Gasteiger partial charge on any atom is 0.126 e. The van der Waals surface area contributed by atoms with Crippen molar-refractivity contribution in [3.63, 3.8) is 0 Å². The van der Waals surface area contributed by atoms with Gasteiger partial charge in [-0.25, -0.2) is 0 Å². The Morgan fingerprint density at radius 3 is 2.19 bits per heavy atom. The van der Waals surface area contributed by atoms with Crippen LogP contribution in [0.15, 0.2) is 18.2 Å². The van der Waals surface area contributed by atoms with Gasteiger partial charge in [0.25, 0.3) is 0 Å². The van der Waals surface area contributed by atoms with E-state index in [4.69, 9.17) is 21.1 Å². The minimum absolute atomic E-state index is 0.291. The van der Waals surface area contributed by atoms with Crippen molar-refractivity contribution in [2.45, 2.75) is 30.6 Å². The van der Waals surface area contributed by atoms with Crippen molar-refractivity contribution in [2.24, 2.45) is 0 Å². The van der Waals surface area contributed by atoms with Crippen LogP contribution in [0, 0.1) is 0 Å². The van der Waals surface area contributed by atoms with Crippen LogP contribution in [-0.4, -0.2) is 19.6 Å². The second-order valence-corrected chi connectivity index (χ2v) is 4.80. The molecule has 16 heavy (non-hydrogen) atoms. The summed E-state index contributed by atoms with van der Waals surface area (Å²) >= 11 is 6.17. The molecule has 2 nitrogen and oxygen atoms in total. The second kappa shape index (κ2) is 4.96. The Hall–Kier alpha value is -0.890. The summed E-state index contributed by atoms with van der Waals surface area (Å²) in [5, 5.41) is 0.291. The topological polar surface area (TPSA) is 18.5 Å². The van der Waals surface area contributed by atoms with Gasteiger partial charge >= 0.3 is 0 Å². The van der Waals surface area contributed by atoms with E-state index in [2.05, 4.69) is 0 Å². The van der Waals surface area contributed by atoms with Gasteiger partial charge in [0, 0.05) is 10.9 Å². The predicted molar refractivity (Wildman–Crippen MR) is 65.8 cm³/mol. The summed E-state index contributed by atoms with van der Waals surface area (Å²) in [5.74, 6) is 2.29. The highest BCUT2D eigenvalue weighted by atomic mass is 35.5. The third-order valence-electron chi connectivity index (χ3n) is 3.24. The minimum atomic E-state index is 0.291. The average Bonchev–Trinajstić information content (AvgIpc) is 2.74. The number of rotatable bonds is 3. The van der Waals surface area contributed by atoms with E-state index < -0.39 is 0 Å². The Balaban J connectivity index is 2.36. The summed E-state index contributed by atoms with van der Waals surface area (Å²) in [5.41, 5.74) is 1.18. The lowest BCUT2D eigenvalue weighted by atomic mass is 9.95. The molecular weight excluding hydrogens is 224 g/mol. The molecule has 0 bridgehead atoms. The molecule has 0 aliphatic heterocycles. The highest BCUT2D eigenvalue weighted by Crippen LogP contribution is 2.44. The Bertz CT molecular complexity index is 343. The van der Waals surface area contributed by atoms with Crippen molar-refractivity contribution in [3.05, 3.63) is 23.8 Å². The van der Waals surface area contributed by atoms with Crippen molar-refractivity contribution in [2.75, 3.05) is 14.2 Å². The lowest BCUT2D eigenvalue weighted by Gasteiger charge is -2.17. The smallest absolute Gasteiger partial charge is 0.126 e. The molecule has 0 N–H and O–H groups in total. The van der Waals surface area contributed by atoms with Gasteiger partial charge in [-0.1, -0.05) is 6.07 Å². The molecule has 0 saturated heterocycles. The lowest BCUT2D eigenvalue weighted by Crippen LogP contribution is -2.01. The Morgan fingerprint density at radius 1 is 1.12 bits per heavy atom. The van der Waals surface area contributed by atoms with E-state index in [-0.39, 0.29) is 0 Å². The van der Waals surface area contributed by atoms with Gasteiger partial charge in [0.15, 0.2) is 0 Å². The maximum atomic E-state index is 6.17. The van der Waals surface area contributed by atoms with Crippen LogP contribution in [-0.2, 0) is 0 Å². The molecule has 0 heterocycles. The first-order valence-electron chi connectivity index (χ1n) is 5.61. The van der Waals surface area contributed by atoms with E-state index >= 15 is 0 Å². The van der Waals surface area contributed by atoms with Crippen LogP contribution in [0.5, 0.6) is 11.5 Å². The highest BCUT2D eigenvalue weighted by Gasteiger charge is 2.28. The van der Waals surface area contributed by atoms with Crippen molar-refractivity contribution < 1.29 is 9.47 Å². The van der Waals surface area contributed by atoms with E-state index in [1.807, 2.05) is 18.2 Å². The predicted octanol–water partition coefficient (Wildman–Crippen LogP) is 3.58. The SMILES string of the molecule is COc1cccc(OC)c1C1CCC(Cl)C1. The monoisotopic (exact) mass is 240 g/mol. The van der Waals surface area contributed by atoms with Crippen LogP contribution < -0.4 is 9.47 Å². The summed E-state index contributed by atoms with van der Waals surface area (Å²) < 4.78 is 10.8. The number of alkyl halides is 1. The summed E-state index contributed by atoms with van der Waals surface area (Å²) in [7, 11) is 3.40. The molecule has 2 rings (SSSR count). The third-order valence-corrected chi connectivity index (χ3v) is 3.64. The van der Waals surface area contributed by atoms with Crippen LogP contribution >= 0.6 is 11.6 Å². The molecule has 1 saturated carbocycles. The first-order chi connectivity index (χ1) is 7.76. The number of hydrogen-bond donors (Lipinski definition) is 0. The van der Waals surface area contributed by atoms with Gasteiger partial charge in [-0.05, 0) is 37.3 Å². The molecule has 2 atom stereocenters. The van der Waals surface area contributed by atoms with Crippen LogP contribution in [0.3, 0.4) is 0 Å². The molecule has 0 radical (unpaired) electrons. The quantitative estimate of drug-likeness (QED) is 0.752. The van der Waals surface area contributed by atoms with Gasteiger partial charge in [0.2, 0.25) is 0 Å². The fourth-order valence-corrected chi connectivity index (χ4v) is 2.81. The average molecular weight is 241 g/mol. The molecule has 1 aliphatic carbocycles. The zero-order chi connectivity index (χ0) is 11.5. The molecule has 2 unspecified atom stereocenters. The number of methoxy groups -OCH3 is 2. The fourth-order valence-electron chi connectivity index (χ4n) is 2.47. The first-order valence-corrected chi connectivity index (χ1v) is 6.05. The van der Waals surface area contributed by atoms with Crippen LogP contribution in [0.25, 0.3) is 0 Å². The van der Waals surface area contributed by atoms with E-state index in [1.165, 1.54) is 5.56 Å². The number of hydrogen-bond acceptors (Lipinski definition) is 2. The molecule has 1 fully saturated rings. The standard InChI is InChI=1S/C13H17ClO2/c1-15-11-4-3-5-12(16-2)13(11)9-6-7-10(14)8-9/h3-5,9-10H,6-8H2,1-2H3. The summed E-state index contributed by atoms with van der Waals surface area (Å²) in [6, 6.07) is 5.92. The van der Waals surface area contributed by atoms with Crippen LogP contribution in [0.1, 0.15) is 30.7 Å². The summed E-state index contributed by atoms with van der Waals surface area (Å²) in [6.45, 7) is 0. The highest BCUT2D eigenvalue weighted by molar-refractivity contribution is 6.20. The third kappa shape index (κ3) is 2.12. The Kier molecular flexibility index (Phi) is 3.59. The zero-order valence-electron chi connectivity index (χ0n) is 9.70. The van der Waals surface area contributed by atoms with Gasteiger partial charge in [-0.2, -0.15) is 0 Å². The van der Waals surface area contributed by atoms with E-state index in [0.717, 1.165) is 30.8 Å². The number of benzene rings is 1. The van der Waals surface area contributed by atoms with Crippen molar-refractivity contribution in [1.82, 2.24) is 0 Å². The zero-order valence-corrected chi connectivity index (χ0v) is 10.5. The number of ether oxygens (including phenoxy) is 2. The largest absolute Gasteiger partial charge is 0.496 e. The van der Waals surface area contributed by atoms with Gasteiger partial charge in [-0.3, -0.25) is 0 Å².